The molecule has 0 bridgehead atoms. The van der Waals surface area contributed by atoms with Gasteiger partial charge in [0.1, 0.15) is 0 Å². The molecule has 0 aromatic heterocycles. The van der Waals surface area contributed by atoms with Gasteiger partial charge in [-0.1, -0.05) is 26.2 Å². The predicted octanol–water partition coefficient (Wildman–Crippen LogP) is 3.05. The van der Waals surface area contributed by atoms with Gasteiger partial charge in [0.25, 0.3) is 0 Å². The van der Waals surface area contributed by atoms with Gasteiger partial charge in [0.05, 0.1) is 0 Å². The van der Waals surface area contributed by atoms with Crippen molar-refractivity contribution in [1.82, 2.24) is 0 Å². The average molecular weight is 238 g/mol. The highest BCUT2D eigenvalue weighted by Crippen LogP contribution is 2.37. The number of rotatable bonds is 3. The lowest BCUT2D eigenvalue weighted by Gasteiger charge is -2.37. The van der Waals surface area contributed by atoms with Crippen molar-refractivity contribution < 1.29 is 0 Å². The SMILES string of the molecule is CCC1CC(CC2CCCCC2N)CCC1N. The van der Waals surface area contributed by atoms with Crippen LogP contribution in [0.3, 0.4) is 0 Å². The fourth-order valence-corrected chi connectivity index (χ4v) is 4.03. The summed E-state index contributed by atoms with van der Waals surface area (Å²) in [7, 11) is 0. The van der Waals surface area contributed by atoms with Gasteiger partial charge in [0, 0.05) is 12.1 Å². The van der Waals surface area contributed by atoms with Gasteiger partial charge in [-0.3, -0.25) is 0 Å². The Labute approximate surface area is 107 Å². The summed E-state index contributed by atoms with van der Waals surface area (Å²) in [6.45, 7) is 2.29. The lowest BCUT2D eigenvalue weighted by atomic mass is 9.71. The minimum atomic E-state index is 0.469. The van der Waals surface area contributed by atoms with E-state index in [4.69, 9.17) is 11.5 Å². The predicted molar refractivity (Wildman–Crippen MR) is 73.6 cm³/mol. The molecule has 0 amide bonds. The summed E-state index contributed by atoms with van der Waals surface area (Å²) >= 11 is 0. The molecule has 17 heavy (non-hydrogen) atoms. The zero-order valence-electron chi connectivity index (χ0n) is 11.4. The molecule has 2 saturated carbocycles. The maximum atomic E-state index is 6.27. The number of nitrogens with two attached hydrogens (primary N) is 2. The van der Waals surface area contributed by atoms with Crippen molar-refractivity contribution in [2.45, 2.75) is 76.8 Å². The smallest absolute Gasteiger partial charge is 0.00672 e. The first-order chi connectivity index (χ1) is 8.20. The van der Waals surface area contributed by atoms with Crippen molar-refractivity contribution in [3.8, 4) is 0 Å². The standard InChI is InChI=1S/C15H30N2/c1-2-12-9-11(7-8-15(12)17)10-13-5-3-4-6-14(13)16/h11-15H,2-10,16-17H2,1H3. The molecule has 100 valence electrons. The van der Waals surface area contributed by atoms with Crippen molar-refractivity contribution in [3.63, 3.8) is 0 Å². The van der Waals surface area contributed by atoms with E-state index < -0.39 is 0 Å². The maximum Gasteiger partial charge on any atom is 0.00672 e. The first-order valence-electron chi connectivity index (χ1n) is 7.71. The normalized spacial score (nSPS) is 43.6. The summed E-state index contributed by atoms with van der Waals surface area (Å²) in [5, 5.41) is 0. The Morgan fingerprint density at radius 1 is 0.882 bits per heavy atom. The van der Waals surface area contributed by atoms with Crippen LogP contribution in [0.2, 0.25) is 0 Å². The molecule has 0 spiro atoms. The molecule has 4 N–H and O–H groups in total. The third-order valence-electron chi connectivity index (χ3n) is 5.28. The summed E-state index contributed by atoms with van der Waals surface area (Å²) in [4.78, 5) is 0. The van der Waals surface area contributed by atoms with Crippen LogP contribution in [0.4, 0.5) is 0 Å². The molecule has 0 saturated heterocycles. The first-order valence-corrected chi connectivity index (χ1v) is 7.71. The first kappa shape index (κ1) is 13.4. The van der Waals surface area contributed by atoms with E-state index >= 15 is 0 Å². The van der Waals surface area contributed by atoms with Crippen LogP contribution in [-0.2, 0) is 0 Å². The summed E-state index contributed by atoms with van der Waals surface area (Å²) in [5.41, 5.74) is 12.5. The summed E-state index contributed by atoms with van der Waals surface area (Å²) < 4.78 is 0. The summed E-state index contributed by atoms with van der Waals surface area (Å²) in [6, 6.07) is 0.954. The van der Waals surface area contributed by atoms with Crippen molar-refractivity contribution in [2.24, 2.45) is 29.2 Å². The van der Waals surface area contributed by atoms with E-state index in [1.165, 1.54) is 57.8 Å². The Morgan fingerprint density at radius 2 is 1.59 bits per heavy atom. The van der Waals surface area contributed by atoms with E-state index in [-0.39, 0.29) is 0 Å². The van der Waals surface area contributed by atoms with Crippen molar-refractivity contribution >= 4 is 0 Å². The van der Waals surface area contributed by atoms with Crippen LogP contribution in [0.5, 0.6) is 0 Å². The van der Waals surface area contributed by atoms with Crippen LogP contribution in [0, 0.1) is 17.8 Å². The highest BCUT2D eigenvalue weighted by Gasteiger charge is 2.30. The molecular formula is C15H30N2. The Bertz CT molecular complexity index is 229. The second kappa shape index (κ2) is 6.19. The highest BCUT2D eigenvalue weighted by molar-refractivity contribution is 4.86. The van der Waals surface area contributed by atoms with Crippen LogP contribution < -0.4 is 11.5 Å². The third-order valence-corrected chi connectivity index (χ3v) is 5.28. The quantitative estimate of drug-likeness (QED) is 0.794. The van der Waals surface area contributed by atoms with E-state index in [0.29, 0.717) is 12.1 Å². The molecule has 2 aliphatic carbocycles. The van der Waals surface area contributed by atoms with Gasteiger partial charge in [0.15, 0.2) is 0 Å². The van der Waals surface area contributed by atoms with Gasteiger partial charge >= 0.3 is 0 Å². The number of hydrogen-bond donors (Lipinski definition) is 2. The van der Waals surface area contributed by atoms with Crippen LogP contribution in [0.25, 0.3) is 0 Å². The van der Waals surface area contributed by atoms with E-state index in [9.17, 15) is 0 Å². The lowest BCUT2D eigenvalue weighted by molar-refractivity contribution is 0.172. The molecule has 0 aromatic carbocycles. The molecule has 2 fully saturated rings. The minimum Gasteiger partial charge on any atom is -0.327 e. The van der Waals surface area contributed by atoms with Gasteiger partial charge < -0.3 is 11.5 Å². The monoisotopic (exact) mass is 238 g/mol. The van der Waals surface area contributed by atoms with Crippen LogP contribution in [-0.4, -0.2) is 12.1 Å². The molecule has 2 heteroatoms. The Morgan fingerprint density at radius 3 is 2.29 bits per heavy atom. The highest BCUT2D eigenvalue weighted by atomic mass is 14.7. The molecule has 0 heterocycles. The van der Waals surface area contributed by atoms with E-state index in [0.717, 1.165) is 17.8 Å². The number of hydrogen-bond acceptors (Lipinski definition) is 2. The molecule has 0 aromatic rings. The molecule has 2 nitrogen and oxygen atoms in total. The van der Waals surface area contributed by atoms with Crippen LogP contribution >= 0.6 is 0 Å². The largest absolute Gasteiger partial charge is 0.327 e. The van der Waals surface area contributed by atoms with Crippen molar-refractivity contribution in [1.29, 1.82) is 0 Å². The van der Waals surface area contributed by atoms with Crippen LogP contribution in [0.15, 0.2) is 0 Å². The average Bonchev–Trinajstić information content (AvgIpc) is 2.34. The van der Waals surface area contributed by atoms with E-state index in [1.54, 1.807) is 0 Å². The molecule has 5 atom stereocenters. The maximum absolute atomic E-state index is 6.27. The zero-order chi connectivity index (χ0) is 12.3. The molecule has 0 aliphatic heterocycles. The Balaban J connectivity index is 1.82. The lowest BCUT2D eigenvalue weighted by Crippen LogP contribution is -2.39. The molecule has 0 radical (unpaired) electrons. The van der Waals surface area contributed by atoms with Gasteiger partial charge in [-0.15, -0.1) is 0 Å². The molecule has 5 unspecified atom stereocenters. The molecule has 2 rings (SSSR count). The second-order valence-electron chi connectivity index (χ2n) is 6.46. The topological polar surface area (TPSA) is 52.0 Å². The van der Waals surface area contributed by atoms with Crippen LogP contribution in [0.1, 0.15) is 64.7 Å². The van der Waals surface area contributed by atoms with Gasteiger partial charge in [-0.05, 0) is 56.3 Å². The fraction of sp³-hybridized carbons (Fsp3) is 1.00. The second-order valence-corrected chi connectivity index (χ2v) is 6.46. The molecule has 2 aliphatic rings. The summed E-state index contributed by atoms with van der Waals surface area (Å²) in [5.74, 6) is 2.49. The van der Waals surface area contributed by atoms with Gasteiger partial charge in [-0.2, -0.15) is 0 Å². The van der Waals surface area contributed by atoms with Crippen molar-refractivity contribution in [2.75, 3.05) is 0 Å². The van der Waals surface area contributed by atoms with E-state index in [2.05, 4.69) is 6.92 Å². The third kappa shape index (κ3) is 3.45. The summed E-state index contributed by atoms with van der Waals surface area (Å²) in [6.07, 6.45) is 12.0. The fourth-order valence-electron chi connectivity index (χ4n) is 4.03. The minimum absolute atomic E-state index is 0.469. The Kier molecular flexibility index (Phi) is 4.87. The van der Waals surface area contributed by atoms with Gasteiger partial charge in [-0.25, -0.2) is 0 Å². The molecular weight excluding hydrogens is 208 g/mol. The van der Waals surface area contributed by atoms with Gasteiger partial charge in [0.2, 0.25) is 0 Å². The zero-order valence-corrected chi connectivity index (χ0v) is 11.4. The Hall–Kier alpha value is -0.0800. The van der Waals surface area contributed by atoms with Crippen molar-refractivity contribution in [3.05, 3.63) is 0 Å². The van der Waals surface area contributed by atoms with E-state index in [1.807, 2.05) is 0 Å².